The topological polar surface area (TPSA) is 55.2 Å². The first-order valence-corrected chi connectivity index (χ1v) is 8.02. The van der Waals surface area contributed by atoms with Crippen molar-refractivity contribution >= 4 is 5.91 Å². The van der Waals surface area contributed by atoms with E-state index in [9.17, 15) is 9.59 Å². The highest BCUT2D eigenvalue weighted by Gasteiger charge is 2.19. The number of amides is 1. The maximum absolute atomic E-state index is 12.7. The first kappa shape index (κ1) is 16.6. The summed E-state index contributed by atoms with van der Waals surface area (Å²) in [6.45, 7) is 2.21. The minimum absolute atomic E-state index is 0.0760. The Labute approximate surface area is 146 Å². The predicted octanol–water partition coefficient (Wildman–Crippen LogP) is 2.81. The van der Waals surface area contributed by atoms with Crippen molar-refractivity contribution in [1.82, 2.24) is 14.7 Å². The molecule has 5 heteroatoms. The van der Waals surface area contributed by atoms with Crippen LogP contribution in [0.1, 0.15) is 21.7 Å². The van der Waals surface area contributed by atoms with Crippen molar-refractivity contribution in [3.63, 3.8) is 0 Å². The third-order valence-electron chi connectivity index (χ3n) is 3.92. The molecule has 1 heterocycles. The van der Waals surface area contributed by atoms with E-state index in [1.54, 1.807) is 18.7 Å². The molecule has 25 heavy (non-hydrogen) atoms. The van der Waals surface area contributed by atoms with Gasteiger partial charge in [-0.15, -0.1) is 0 Å². The number of nitrogens with zero attached hydrogens (tertiary/aromatic N) is 3. The van der Waals surface area contributed by atoms with Gasteiger partial charge >= 0.3 is 0 Å². The zero-order chi connectivity index (χ0) is 17.8. The maximum atomic E-state index is 12.7. The van der Waals surface area contributed by atoms with E-state index in [1.165, 1.54) is 11.0 Å². The summed E-state index contributed by atoms with van der Waals surface area (Å²) < 4.78 is 1.62. The predicted molar refractivity (Wildman–Crippen MR) is 96.8 cm³/mol. The zero-order valence-electron chi connectivity index (χ0n) is 14.2. The van der Waals surface area contributed by atoms with E-state index >= 15 is 0 Å². The van der Waals surface area contributed by atoms with Gasteiger partial charge in [-0.2, -0.15) is 5.10 Å². The van der Waals surface area contributed by atoms with Gasteiger partial charge in [0.05, 0.1) is 5.69 Å². The summed E-state index contributed by atoms with van der Waals surface area (Å²) in [6.07, 6.45) is 0. The molecule has 0 aliphatic rings. The second-order valence-corrected chi connectivity index (χ2v) is 5.89. The zero-order valence-corrected chi connectivity index (χ0v) is 14.2. The first-order chi connectivity index (χ1) is 12.1. The standard InChI is InChI=1S/C20H19N3O2/c1-15-13-18(24)19(21-23(15)17-11-7-4-8-12-17)20(25)22(2)14-16-9-5-3-6-10-16/h3-13H,14H2,1-2H3. The van der Waals surface area contributed by atoms with Crippen LogP contribution in [0, 0.1) is 6.92 Å². The molecule has 126 valence electrons. The molecule has 1 amide bonds. The van der Waals surface area contributed by atoms with E-state index in [2.05, 4.69) is 5.10 Å². The van der Waals surface area contributed by atoms with Crippen LogP contribution in [0.25, 0.3) is 5.69 Å². The molecule has 0 saturated heterocycles. The lowest BCUT2D eigenvalue weighted by molar-refractivity contribution is 0.0776. The molecule has 0 spiro atoms. The molecular formula is C20H19N3O2. The summed E-state index contributed by atoms with van der Waals surface area (Å²) in [5.74, 6) is -0.390. The van der Waals surface area contributed by atoms with Crippen molar-refractivity contribution in [2.45, 2.75) is 13.5 Å². The van der Waals surface area contributed by atoms with Crippen molar-refractivity contribution < 1.29 is 4.79 Å². The molecule has 0 unspecified atom stereocenters. The largest absolute Gasteiger partial charge is 0.336 e. The fraction of sp³-hybridized carbons (Fsp3) is 0.150. The molecule has 0 saturated carbocycles. The number of carbonyl (C=O) groups excluding carboxylic acids is 1. The lowest BCUT2D eigenvalue weighted by Gasteiger charge is -2.18. The van der Waals surface area contributed by atoms with E-state index < -0.39 is 5.91 Å². The van der Waals surface area contributed by atoms with Gasteiger partial charge in [0.1, 0.15) is 0 Å². The Balaban J connectivity index is 1.93. The van der Waals surface area contributed by atoms with Crippen LogP contribution in [-0.4, -0.2) is 27.6 Å². The second kappa shape index (κ2) is 7.13. The van der Waals surface area contributed by atoms with Gasteiger partial charge in [0.2, 0.25) is 5.43 Å². The second-order valence-electron chi connectivity index (χ2n) is 5.89. The lowest BCUT2D eigenvalue weighted by Crippen LogP contribution is -2.33. The molecule has 0 radical (unpaired) electrons. The molecule has 0 bridgehead atoms. The van der Waals surface area contributed by atoms with Crippen LogP contribution in [0.5, 0.6) is 0 Å². The number of carbonyl (C=O) groups is 1. The van der Waals surface area contributed by atoms with Gasteiger partial charge in [0, 0.05) is 25.4 Å². The van der Waals surface area contributed by atoms with Gasteiger partial charge in [0.15, 0.2) is 5.69 Å². The van der Waals surface area contributed by atoms with Crippen LogP contribution >= 0.6 is 0 Å². The molecule has 3 aromatic rings. The minimum Gasteiger partial charge on any atom is -0.336 e. The van der Waals surface area contributed by atoms with Crippen LogP contribution in [-0.2, 0) is 6.54 Å². The number of hydrogen-bond donors (Lipinski definition) is 0. The fourth-order valence-corrected chi connectivity index (χ4v) is 2.64. The SMILES string of the molecule is Cc1cc(=O)c(C(=O)N(C)Cc2ccccc2)nn1-c1ccccc1. The molecule has 0 aliphatic heterocycles. The summed E-state index contributed by atoms with van der Waals surface area (Å²) in [4.78, 5) is 26.5. The van der Waals surface area contributed by atoms with E-state index in [1.807, 2.05) is 60.7 Å². The monoisotopic (exact) mass is 333 g/mol. The molecule has 0 fully saturated rings. The summed E-state index contributed by atoms with van der Waals surface area (Å²) >= 11 is 0. The maximum Gasteiger partial charge on any atom is 0.278 e. The average Bonchev–Trinajstić information content (AvgIpc) is 2.63. The molecule has 5 nitrogen and oxygen atoms in total. The molecule has 3 rings (SSSR count). The number of aryl methyl sites for hydroxylation is 1. The number of hydrogen-bond acceptors (Lipinski definition) is 3. The number of aromatic nitrogens is 2. The van der Waals surface area contributed by atoms with Crippen molar-refractivity contribution in [2.75, 3.05) is 7.05 Å². The highest BCUT2D eigenvalue weighted by molar-refractivity contribution is 5.91. The number of para-hydroxylation sites is 1. The lowest BCUT2D eigenvalue weighted by atomic mass is 10.2. The summed E-state index contributed by atoms with van der Waals surface area (Å²) in [7, 11) is 1.67. The van der Waals surface area contributed by atoms with Gasteiger partial charge in [-0.25, -0.2) is 4.68 Å². The van der Waals surface area contributed by atoms with Crippen molar-refractivity contribution in [3.05, 3.63) is 93.9 Å². The molecule has 0 aliphatic carbocycles. The Kier molecular flexibility index (Phi) is 4.75. The van der Waals surface area contributed by atoms with Crippen LogP contribution in [0.4, 0.5) is 0 Å². The van der Waals surface area contributed by atoms with Crippen LogP contribution in [0.3, 0.4) is 0 Å². The number of rotatable bonds is 4. The summed E-state index contributed by atoms with van der Waals surface area (Å²) in [5.41, 5.74) is 2.04. The van der Waals surface area contributed by atoms with Gasteiger partial charge in [-0.05, 0) is 24.6 Å². The van der Waals surface area contributed by atoms with Gasteiger partial charge in [0.25, 0.3) is 5.91 Å². The van der Waals surface area contributed by atoms with Crippen LogP contribution in [0.15, 0.2) is 71.5 Å². The van der Waals surface area contributed by atoms with Crippen LogP contribution in [0.2, 0.25) is 0 Å². The van der Waals surface area contributed by atoms with E-state index in [0.717, 1.165) is 11.3 Å². The van der Waals surface area contributed by atoms with Crippen molar-refractivity contribution in [2.24, 2.45) is 0 Å². The van der Waals surface area contributed by atoms with Crippen molar-refractivity contribution in [1.29, 1.82) is 0 Å². The molecule has 0 atom stereocenters. The Morgan fingerprint density at radius 3 is 2.28 bits per heavy atom. The molecule has 1 aromatic heterocycles. The van der Waals surface area contributed by atoms with E-state index in [0.29, 0.717) is 12.2 Å². The normalized spacial score (nSPS) is 10.5. The molecule has 0 N–H and O–H groups in total. The van der Waals surface area contributed by atoms with Crippen molar-refractivity contribution in [3.8, 4) is 5.69 Å². The molecular weight excluding hydrogens is 314 g/mol. The van der Waals surface area contributed by atoms with Gasteiger partial charge in [-0.3, -0.25) is 9.59 Å². The Morgan fingerprint density at radius 2 is 1.64 bits per heavy atom. The van der Waals surface area contributed by atoms with Gasteiger partial charge in [-0.1, -0.05) is 48.5 Å². The Hall–Kier alpha value is -3.21. The highest BCUT2D eigenvalue weighted by atomic mass is 16.2. The van der Waals surface area contributed by atoms with E-state index in [4.69, 9.17) is 0 Å². The third-order valence-corrected chi connectivity index (χ3v) is 3.92. The average molecular weight is 333 g/mol. The highest BCUT2D eigenvalue weighted by Crippen LogP contribution is 2.09. The third kappa shape index (κ3) is 3.66. The van der Waals surface area contributed by atoms with Gasteiger partial charge < -0.3 is 4.90 Å². The quantitative estimate of drug-likeness (QED) is 0.738. The fourth-order valence-electron chi connectivity index (χ4n) is 2.64. The molecule has 2 aromatic carbocycles. The summed E-state index contributed by atoms with van der Waals surface area (Å²) in [5, 5.41) is 4.32. The Morgan fingerprint density at radius 1 is 1.04 bits per heavy atom. The smallest absolute Gasteiger partial charge is 0.278 e. The first-order valence-electron chi connectivity index (χ1n) is 8.02. The van der Waals surface area contributed by atoms with E-state index in [-0.39, 0.29) is 11.1 Å². The summed E-state index contributed by atoms with van der Waals surface area (Å²) in [6, 6.07) is 20.5. The number of benzene rings is 2. The Bertz CT molecular complexity index is 934. The van der Waals surface area contributed by atoms with Crippen LogP contribution < -0.4 is 5.43 Å². The minimum atomic E-state index is -0.390.